The minimum Gasteiger partial charge on any atom is -0.508 e. The fraction of sp³-hybridized carbons (Fsp3) is 0. The normalized spacial score (nSPS) is 10.6. The largest absolute Gasteiger partial charge is 0.508 e. The second kappa shape index (κ2) is 4.50. The van der Waals surface area contributed by atoms with Gasteiger partial charge in [-0.05, 0) is 28.5 Å². The molecule has 0 aliphatic rings. The molecule has 1 heterocycles. The molecule has 0 fully saturated rings. The lowest BCUT2D eigenvalue weighted by Gasteiger charge is -2.07. The van der Waals surface area contributed by atoms with Crippen molar-refractivity contribution < 1.29 is 14.7 Å². The van der Waals surface area contributed by atoms with Gasteiger partial charge in [0.05, 0.1) is 4.92 Å². The smallest absolute Gasteiger partial charge is 0.295 e. The van der Waals surface area contributed by atoms with E-state index in [-0.39, 0.29) is 22.6 Å². The van der Waals surface area contributed by atoms with Crippen LogP contribution in [0.25, 0.3) is 11.0 Å². The molecule has 8 heteroatoms. The van der Waals surface area contributed by atoms with Crippen LogP contribution in [0.5, 0.6) is 5.75 Å². The molecule has 100 valence electrons. The predicted molar refractivity (Wildman–Crippen MR) is 69.8 cm³/mol. The molecule has 0 unspecified atom stereocenters. The number of rotatable bonds is 3. The number of aromatic hydroxyl groups is 1. The van der Waals surface area contributed by atoms with Crippen molar-refractivity contribution in [1.82, 2.24) is 10.3 Å². The van der Waals surface area contributed by atoms with E-state index in [9.17, 15) is 15.2 Å². The van der Waals surface area contributed by atoms with Gasteiger partial charge in [-0.1, -0.05) is 6.07 Å². The van der Waals surface area contributed by atoms with E-state index in [1.165, 1.54) is 24.3 Å². The molecule has 0 spiro atoms. The minimum atomic E-state index is -0.529. The van der Waals surface area contributed by atoms with Crippen LogP contribution in [0.1, 0.15) is 0 Å². The van der Waals surface area contributed by atoms with Crippen molar-refractivity contribution in [2.45, 2.75) is 0 Å². The molecule has 8 nitrogen and oxygen atoms in total. The SMILES string of the molecule is O=[N+]([O-])c1ccc2nonc2c1Nc1cccc(O)c1. The first-order chi connectivity index (χ1) is 9.65. The van der Waals surface area contributed by atoms with Crippen LogP contribution in [-0.2, 0) is 0 Å². The van der Waals surface area contributed by atoms with Crippen LogP contribution >= 0.6 is 0 Å². The van der Waals surface area contributed by atoms with Gasteiger partial charge in [0.2, 0.25) is 0 Å². The first-order valence-corrected chi connectivity index (χ1v) is 5.61. The maximum absolute atomic E-state index is 11.1. The molecular formula is C12H8N4O4. The van der Waals surface area contributed by atoms with Crippen LogP contribution in [0.2, 0.25) is 0 Å². The zero-order chi connectivity index (χ0) is 14.1. The number of phenols is 1. The number of nitrogens with one attached hydrogen (secondary N) is 1. The van der Waals surface area contributed by atoms with Gasteiger partial charge in [-0.2, -0.15) is 0 Å². The maximum Gasteiger partial charge on any atom is 0.295 e. The Morgan fingerprint density at radius 1 is 1.25 bits per heavy atom. The number of nitrogens with zero attached hydrogens (tertiary/aromatic N) is 3. The van der Waals surface area contributed by atoms with Crippen LogP contribution < -0.4 is 5.32 Å². The van der Waals surface area contributed by atoms with Gasteiger partial charge in [0.25, 0.3) is 5.69 Å². The van der Waals surface area contributed by atoms with Crippen molar-refractivity contribution in [3.8, 4) is 5.75 Å². The van der Waals surface area contributed by atoms with Crippen LogP contribution in [-0.4, -0.2) is 20.3 Å². The number of fused-ring (bicyclic) bond motifs is 1. The third-order valence-corrected chi connectivity index (χ3v) is 2.72. The molecule has 1 aromatic heterocycles. The van der Waals surface area contributed by atoms with Crippen molar-refractivity contribution in [2.75, 3.05) is 5.32 Å². The summed E-state index contributed by atoms with van der Waals surface area (Å²) in [4.78, 5) is 10.6. The quantitative estimate of drug-likeness (QED) is 0.556. The van der Waals surface area contributed by atoms with Gasteiger partial charge in [-0.25, -0.2) is 4.63 Å². The second-order valence-electron chi connectivity index (χ2n) is 4.02. The van der Waals surface area contributed by atoms with Crippen LogP contribution in [0.3, 0.4) is 0 Å². The van der Waals surface area contributed by atoms with Gasteiger partial charge in [0.15, 0.2) is 5.52 Å². The highest BCUT2D eigenvalue weighted by Gasteiger charge is 2.20. The van der Waals surface area contributed by atoms with Crippen molar-refractivity contribution in [1.29, 1.82) is 0 Å². The predicted octanol–water partition coefficient (Wildman–Crippen LogP) is 2.58. The fourth-order valence-electron chi connectivity index (χ4n) is 1.84. The third-order valence-electron chi connectivity index (χ3n) is 2.72. The summed E-state index contributed by atoms with van der Waals surface area (Å²) >= 11 is 0. The molecule has 0 bridgehead atoms. The number of nitro groups is 1. The summed E-state index contributed by atoms with van der Waals surface area (Å²) in [6.07, 6.45) is 0. The average molecular weight is 272 g/mol. The summed E-state index contributed by atoms with van der Waals surface area (Å²) in [7, 11) is 0. The lowest BCUT2D eigenvalue weighted by atomic mass is 10.2. The Morgan fingerprint density at radius 3 is 2.85 bits per heavy atom. The topological polar surface area (TPSA) is 114 Å². The van der Waals surface area contributed by atoms with E-state index in [0.29, 0.717) is 11.2 Å². The third kappa shape index (κ3) is 1.99. The minimum absolute atomic E-state index is 0.0445. The summed E-state index contributed by atoms with van der Waals surface area (Å²) in [5, 5.41) is 30.7. The Morgan fingerprint density at radius 2 is 2.10 bits per heavy atom. The van der Waals surface area contributed by atoms with Gasteiger partial charge in [0.1, 0.15) is 17.0 Å². The second-order valence-corrected chi connectivity index (χ2v) is 4.02. The highest BCUT2D eigenvalue weighted by atomic mass is 16.6. The number of nitro benzene ring substituents is 1. The zero-order valence-electron chi connectivity index (χ0n) is 9.98. The number of benzene rings is 2. The molecule has 0 saturated heterocycles. The molecule has 0 amide bonds. The highest BCUT2D eigenvalue weighted by Crippen LogP contribution is 2.34. The van der Waals surface area contributed by atoms with Gasteiger partial charge < -0.3 is 10.4 Å². The summed E-state index contributed by atoms with van der Waals surface area (Å²) < 4.78 is 4.59. The van der Waals surface area contributed by atoms with Crippen molar-refractivity contribution in [2.24, 2.45) is 0 Å². The molecule has 0 radical (unpaired) electrons. The Hall–Kier alpha value is -3.16. The van der Waals surface area contributed by atoms with E-state index in [0.717, 1.165) is 0 Å². The monoisotopic (exact) mass is 272 g/mol. The first kappa shape index (κ1) is 11.9. The van der Waals surface area contributed by atoms with E-state index in [1.807, 2.05) is 0 Å². The molecule has 3 aromatic rings. The van der Waals surface area contributed by atoms with E-state index in [1.54, 1.807) is 12.1 Å². The molecule has 0 aliphatic heterocycles. The Bertz CT molecular complexity index is 799. The first-order valence-electron chi connectivity index (χ1n) is 5.61. The summed E-state index contributed by atoms with van der Waals surface area (Å²) in [6, 6.07) is 8.99. The highest BCUT2D eigenvalue weighted by molar-refractivity contribution is 5.94. The standard InChI is InChI=1S/C12H8N4O4/c17-8-3-1-2-7(6-8)13-12-10(16(18)19)5-4-9-11(12)15-20-14-9/h1-6,13,17H. The molecule has 20 heavy (non-hydrogen) atoms. The molecule has 2 N–H and O–H groups in total. The molecule has 3 rings (SSSR count). The van der Waals surface area contributed by atoms with Crippen LogP contribution in [0.4, 0.5) is 17.1 Å². The Labute approximate surface area is 111 Å². The van der Waals surface area contributed by atoms with E-state index in [2.05, 4.69) is 20.3 Å². The number of aromatic nitrogens is 2. The zero-order valence-corrected chi connectivity index (χ0v) is 9.98. The average Bonchev–Trinajstić information content (AvgIpc) is 2.87. The summed E-state index contributed by atoms with van der Waals surface area (Å²) in [5.74, 6) is 0.0445. The molecule has 2 aromatic carbocycles. The Balaban J connectivity index is 2.15. The van der Waals surface area contributed by atoms with E-state index < -0.39 is 4.92 Å². The lowest BCUT2D eigenvalue weighted by Crippen LogP contribution is -1.98. The lowest BCUT2D eigenvalue weighted by molar-refractivity contribution is -0.383. The van der Waals surface area contributed by atoms with Crippen molar-refractivity contribution in [3.63, 3.8) is 0 Å². The molecular weight excluding hydrogens is 264 g/mol. The van der Waals surface area contributed by atoms with Gasteiger partial charge in [-0.15, -0.1) is 0 Å². The number of anilines is 2. The number of phenolic OH excluding ortho intramolecular Hbond substituents is 1. The molecule has 0 saturated carbocycles. The Kier molecular flexibility index (Phi) is 2.68. The van der Waals surface area contributed by atoms with Crippen LogP contribution in [0.15, 0.2) is 41.0 Å². The van der Waals surface area contributed by atoms with Crippen molar-refractivity contribution in [3.05, 3.63) is 46.5 Å². The number of hydrogen-bond acceptors (Lipinski definition) is 7. The fourth-order valence-corrected chi connectivity index (χ4v) is 1.84. The molecule has 0 aliphatic carbocycles. The summed E-state index contributed by atoms with van der Waals surface area (Å²) in [5.41, 5.74) is 1.15. The number of hydrogen-bond donors (Lipinski definition) is 2. The van der Waals surface area contributed by atoms with Crippen LogP contribution in [0, 0.1) is 10.1 Å². The van der Waals surface area contributed by atoms with Gasteiger partial charge >= 0.3 is 0 Å². The summed E-state index contributed by atoms with van der Waals surface area (Å²) in [6.45, 7) is 0. The molecule has 0 atom stereocenters. The van der Waals surface area contributed by atoms with Crippen molar-refractivity contribution >= 4 is 28.1 Å². The van der Waals surface area contributed by atoms with E-state index >= 15 is 0 Å². The van der Waals surface area contributed by atoms with Gasteiger partial charge in [0, 0.05) is 17.8 Å². The maximum atomic E-state index is 11.1. The van der Waals surface area contributed by atoms with Gasteiger partial charge in [-0.3, -0.25) is 10.1 Å². The van der Waals surface area contributed by atoms with E-state index in [4.69, 9.17) is 0 Å².